The Morgan fingerprint density at radius 3 is 1.22 bits per heavy atom. The number of carbonyl (C=O) groups is 2. The van der Waals surface area contributed by atoms with Gasteiger partial charge in [0.1, 0.15) is 12.1 Å². The summed E-state index contributed by atoms with van der Waals surface area (Å²) in [6.07, 6.45) is 4.36. The van der Waals surface area contributed by atoms with Crippen molar-refractivity contribution in [3.05, 3.63) is 216 Å². The lowest BCUT2D eigenvalue weighted by atomic mass is 9.73. The minimum atomic E-state index is -0.787. The zero-order valence-electron chi connectivity index (χ0n) is 31.4. The van der Waals surface area contributed by atoms with Crippen LogP contribution in [0.5, 0.6) is 0 Å². The molecule has 0 N–H and O–H groups in total. The van der Waals surface area contributed by atoms with Crippen LogP contribution >= 0.6 is 0 Å². The summed E-state index contributed by atoms with van der Waals surface area (Å²) in [5, 5.41) is 2.06. The fourth-order valence-electron chi connectivity index (χ4n) is 9.38. The van der Waals surface area contributed by atoms with Crippen LogP contribution in [0, 0.1) is 0 Å². The van der Waals surface area contributed by atoms with E-state index < -0.39 is 24.2 Å². The summed E-state index contributed by atoms with van der Waals surface area (Å²) >= 11 is 0. The summed E-state index contributed by atoms with van der Waals surface area (Å²) in [7, 11) is 0. The van der Waals surface area contributed by atoms with Crippen LogP contribution in [0.4, 0.5) is 11.4 Å². The molecule has 6 aromatic carbocycles. The Labute approximate surface area is 336 Å². The third kappa shape index (κ3) is 5.40. The summed E-state index contributed by atoms with van der Waals surface area (Å²) in [6, 6.07) is 57.2. The number of piperazine rings is 1. The molecule has 6 heteroatoms. The summed E-state index contributed by atoms with van der Waals surface area (Å²) < 4.78 is 0. The molecule has 0 spiro atoms. The molecule has 11 rings (SSSR count). The van der Waals surface area contributed by atoms with Crippen molar-refractivity contribution in [2.24, 2.45) is 0 Å². The van der Waals surface area contributed by atoms with Crippen molar-refractivity contribution < 1.29 is 9.59 Å². The van der Waals surface area contributed by atoms with E-state index in [0.29, 0.717) is 11.1 Å². The number of ketones is 2. The number of carbonyl (C=O) groups excluding carboxylic acids is 2. The Balaban J connectivity index is 1.24. The van der Waals surface area contributed by atoms with Crippen molar-refractivity contribution in [1.82, 2.24) is 9.97 Å². The average Bonchev–Trinajstić information content (AvgIpc) is 3.30. The van der Waals surface area contributed by atoms with Crippen molar-refractivity contribution in [1.29, 1.82) is 0 Å². The third-order valence-corrected chi connectivity index (χ3v) is 11.9. The molecule has 1 saturated heterocycles. The SMILES string of the molecule is O=C(c1ccccc1)C1C2C(c3ccc4ccccc4n3)=Cc3ccccc3N2C(C(=O)c2ccccc2)C2C(c3ccc4ccccc4n3)=Cc3ccccc3N12. The first-order valence-electron chi connectivity index (χ1n) is 19.7. The quantitative estimate of drug-likeness (QED) is 0.158. The highest BCUT2D eigenvalue weighted by Crippen LogP contribution is 2.51. The molecule has 5 heterocycles. The molecular weight excluding hydrogens is 713 g/mol. The maximum absolute atomic E-state index is 15.7. The monoisotopic (exact) mass is 748 g/mol. The molecule has 58 heavy (non-hydrogen) atoms. The Hall–Kier alpha value is -7.44. The fourth-order valence-corrected chi connectivity index (χ4v) is 9.38. The number of rotatable bonds is 6. The number of nitrogens with zero attached hydrogens (tertiary/aromatic N) is 4. The molecule has 0 aliphatic carbocycles. The number of para-hydroxylation sites is 4. The number of Topliss-reactive ketones (excluding diaryl/α,β-unsaturated/α-hetero) is 2. The van der Waals surface area contributed by atoms with Crippen LogP contribution in [0.25, 0.3) is 45.1 Å². The van der Waals surface area contributed by atoms with Crippen LogP contribution in [0.1, 0.15) is 43.2 Å². The van der Waals surface area contributed by atoms with E-state index in [4.69, 9.17) is 9.97 Å². The number of hydrogen-bond donors (Lipinski definition) is 0. The molecule has 2 aromatic heterocycles. The van der Waals surface area contributed by atoms with Gasteiger partial charge < -0.3 is 9.80 Å². The molecule has 0 saturated carbocycles. The highest BCUT2D eigenvalue weighted by atomic mass is 16.1. The van der Waals surface area contributed by atoms with Gasteiger partial charge in [-0.1, -0.05) is 146 Å². The molecule has 4 atom stereocenters. The van der Waals surface area contributed by atoms with E-state index in [1.54, 1.807) is 0 Å². The van der Waals surface area contributed by atoms with Crippen LogP contribution in [0.2, 0.25) is 0 Å². The number of pyridine rings is 2. The summed E-state index contributed by atoms with van der Waals surface area (Å²) in [5.41, 5.74) is 9.88. The maximum Gasteiger partial charge on any atom is 0.187 e. The highest BCUT2D eigenvalue weighted by Gasteiger charge is 2.58. The van der Waals surface area contributed by atoms with Gasteiger partial charge in [-0.2, -0.15) is 0 Å². The van der Waals surface area contributed by atoms with Crippen LogP contribution in [0.3, 0.4) is 0 Å². The molecule has 0 radical (unpaired) electrons. The van der Waals surface area contributed by atoms with Gasteiger partial charge in [0, 0.05) is 44.4 Å². The van der Waals surface area contributed by atoms with Crippen molar-refractivity contribution in [2.45, 2.75) is 24.2 Å². The first-order valence-corrected chi connectivity index (χ1v) is 19.7. The number of anilines is 2. The Morgan fingerprint density at radius 1 is 0.397 bits per heavy atom. The van der Waals surface area contributed by atoms with E-state index in [2.05, 4.69) is 82.6 Å². The van der Waals surface area contributed by atoms with Gasteiger partial charge in [-0.05, 0) is 59.7 Å². The van der Waals surface area contributed by atoms with Crippen molar-refractivity contribution in [2.75, 3.05) is 9.80 Å². The van der Waals surface area contributed by atoms with Crippen molar-refractivity contribution >= 4 is 68.0 Å². The number of hydrogen-bond acceptors (Lipinski definition) is 6. The van der Waals surface area contributed by atoms with Gasteiger partial charge in [0.25, 0.3) is 0 Å². The van der Waals surface area contributed by atoms with Crippen LogP contribution in [-0.2, 0) is 0 Å². The highest BCUT2D eigenvalue weighted by molar-refractivity contribution is 6.14. The number of fused-ring (bicyclic) bond motifs is 8. The van der Waals surface area contributed by atoms with Crippen LogP contribution < -0.4 is 9.80 Å². The first-order chi connectivity index (χ1) is 28.6. The minimum absolute atomic E-state index is 0.0418. The van der Waals surface area contributed by atoms with E-state index in [0.717, 1.165) is 66.8 Å². The fraction of sp³-hybridized carbons (Fsp3) is 0.0769. The van der Waals surface area contributed by atoms with E-state index in [9.17, 15) is 0 Å². The largest absolute Gasteiger partial charge is 0.348 e. The molecule has 1 fully saturated rings. The van der Waals surface area contributed by atoms with Gasteiger partial charge in [-0.25, -0.2) is 9.97 Å². The predicted octanol–water partition coefficient (Wildman–Crippen LogP) is 10.5. The van der Waals surface area contributed by atoms with Crippen molar-refractivity contribution in [3.63, 3.8) is 0 Å². The van der Waals surface area contributed by atoms with Crippen LogP contribution in [0.15, 0.2) is 182 Å². The van der Waals surface area contributed by atoms with Gasteiger partial charge >= 0.3 is 0 Å². The Kier molecular flexibility index (Phi) is 7.96. The summed E-state index contributed by atoms with van der Waals surface area (Å²) in [4.78, 5) is 46.5. The number of aromatic nitrogens is 2. The Morgan fingerprint density at radius 2 is 0.776 bits per heavy atom. The third-order valence-electron chi connectivity index (χ3n) is 11.9. The van der Waals surface area contributed by atoms with Crippen molar-refractivity contribution in [3.8, 4) is 0 Å². The predicted molar refractivity (Wildman–Crippen MR) is 234 cm³/mol. The standard InChI is InChI=1S/C52H36N4O2/c57-51(35-17-3-1-4-18-35)49-47-39(43-29-27-33-15-7-11-23-41(33)53-43)31-38-22-10-14-26-46(38)56(47)50(52(58)36-19-5-2-6-20-36)48-40(32-37-21-9-13-25-45(37)55(48)49)44-30-28-34-16-8-12-24-42(34)54-44/h1-32,47-50H. The zero-order valence-corrected chi connectivity index (χ0v) is 31.4. The van der Waals surface area contributed by atoms with E-state index in [1.165, 1.54) is 0 Å². The average molecular weight is 749 g/mol. The second-order valence-corrected chi connectivity index (χ2v) is 15.1. The molecule has 276 valence electrons. The van der Waals surface area contributed by atoms with E-state index >= 15 is 9.59 Å². The van der Waals surface area contributed by atoms with Gasteiger partial charge in [0.2, 0.25) is 0 Å². The first kappa shape index (κ1) is 33.9. The molecule has 0 amide bonds. The van der Waals surface area contributed by atoms with Crippen LogP contribution in [-0.4, -0.2) is 45.7 Å². The summed E-state index contributed by atoms with van der Waals surface area (Å²) in [5.74, 6) is -0.0837. The molecule has 4 unspecified atom stereocenters. The van der Waals surface area contributed by atoms with Gasteiger partial charge in [-0.3, -0.25) is 9.59 Å². The summed E-state index contributed by atoms with van der Waals surface area (Å²) in [6.45, 7) is 0. The second kappa shape index (κ2) is 13.6. The minimum Gasteiger partial charge on any atom is -0.348 e. The lowest BCUT2D eigenvalue weighted by Gasteiger charge is -2.59. The normalized spacial score (nSPS) is 19.3. The second-order valence-electron chi connectivity index (χ2n) is 15.1. The topological polar surface area (TPSA) is 66.4 Å². The molecule has 3 aliphatic heterocycles. The van der Waals surface area contributed by atoms with E-state index in [1.807, 2.05) is 121 Å². The molecule has 6 nitrogen and oxygen atoms in total. The number of benzene rings is 6. The lowest BCUT2D eigenvalue weighted by Crippen LogP contribution is -2.74. The van der Waals surface area contributed by atoms with Gasteiger partial charge in [-0.15, -0.1) is 0 Å². The maximum atomic E-state index is 15.7. The Bertz CT molecular complexity index is 2790. The smallest absolute Gasteiger partial charge is 0.187 e. The van der Waals surface area contributed by atoms with Gasteiger partial charge in [0.05, 0.1) is 34.5 Å². The molecule has 0 bridgehead atoms. The molecular formula is C52H36N4O2. The van der Waals surface area contributed by atoms with E-state index in [-0.39, 0.29) is 11.6 Å². The molecule has 3 aliphatic rings. The van der Waals surface area contributed by atoms with Gasteiger partial charge in [0.15, 0.2) is 11.6 Å². The molecule has 8 aromatic rings. The lowest BCUT2D eigenvalue weighted by molar-refractivity contribution is 0.0882. The zero-order chi connectivity index (χ0) is 38.7.